The number of benzene rings is 1. The average Bonchev–Trinajstić information content (AvgIpc) is 2.87. The van der Waals surface area contributed by atoms with Crippen molar-refractivity contribution in [1.82, 2.24) is 10.2 Å². The Kier molecular flexibility index (Phi) is 6.53. The second-order valence-electron chi connectivity index (χ2n) is 6.59. The Morgan fingerprint density at radius 1 is 1.16 bits per heavy atom. The molecule has 138 valence electrons. The molecule has 0 spiro atoms. The SMILES string of the molecule is CC[C@H](CN1CCOCC1)NC(=O)Cc1ccc2c(c1)OCCCO2. The summed E-state index contributed by atoms with van der Waals surface area (Å²) in [6.45, 7) is 7.75. The highest BCUT2D eigenvalue weighted by molar-refractivity contribution is 5.79. The fourth-order valence-electron chi connectivity index (χ4n) is 3.15. The van der Waals surface area contributed by atoms with E-state index in [0.29, 0.717) is 19.6 Å². The molecule has 2 aliphatic heterocycles. The fraction of sp³-hybridized carbons (Fsp3) is 0.632. The minimum absolute atomic E-state index is 0.0506. The number of carbonyl (C=O) groups is 1. The first kappa shape index (κ1) is 18.0. The van der Waals surface area contributed by atoms with Crippen LogP contribution in [0.5, 0.6) is 11.5 Å². The van der Waals surface area contributed by atoms with Crippen molar-refractivity contribution in [3.63, 3.8) is 0 Å². The van der Waals surface area contributed by atoms with E-state index in [1.165, 1.54) is 0 Å². The summed E-state index contributed by atoms with van der Waals surface area (Å²) >= 11 is 0. The maximum Gasteiger partial charge on any atom is 0.224 e. The van der Waals surface area contributed by atoms with Crippen LogP contribution in [0.1, 0.15) is 25.3 Å². The van der Waals surface area contributed by atoms with Crippen LogP contribution in [0.25, 0.3) is 0 Å². The minimum Gasteiger partial charge on any atom is -0.490 e. The monoisotopic (exact) mass is 348 g/mol. The van der Waals surface area contributed by atoms with Gasteiger partial charge in [0, 0.05) is 32.1 Å². The molecule has 1 aromatic carbocycles. The number of amides is 1. The highest BCUT2D eigenvalue weighted by Crippen LogP contribution is 2.30. The molecule has 0 unspecified atom stereocenters. The van der Waals surface area contributed by atoms with Crippen LogP contribution < -0.4 is 14.8 Å². The summed E-state index contributed by atoms with van der Waals surface area (Å²) in [7, 11) is 0. The van der Waals surface area contributed by atoms with Gasteiger partial charge in [-0.15, -0.1) is 0 Å². The molecule has 6 heteroatoms. The minimum atomic E-state index is 0.0506. The Morgan fingerprint density at radius 3 is 2.68 bits per heavy atom. The fourth-order valence-corrected chi connectivity index (χ4v) is 3.15. The molecule has 3 rings (SSSR count). The van der Waals surface area contributed by atoms with E-state index < -0.39 is 0 Å². The van der Waals surface area contributed by atoms with Crippen molar-refractivity contribution in [2.24, 2.45) is 0 Å². The lowest BCUT2D eigenvalue weighted by molar-refractivity contribution is -0.121. The normalized spacial score (nSPS) is 19.1. The number of carbonyl (C=O) groups excluding carboxylic acids is 1. The van der Waals surface area contributed by atoms with Crippen LogP contribution in [0, 0.1) is 0 Å². The third-order valence-electron chi connectivity index (χ3n) is 4.62. The van der Waals surface area contributed by atoms with E-state index in [0.717, 1.165) is 62.8 Å². The summed E-state index contributed by atoms with van der Waals surface area (Å²) in [5.74, 6) is 1.55. The van der Waals surface area contributed by atoms with Crippen LogP contribution in [0.4, 0.5) is 0 Å². The number of fused-ring (bicyclic) bond motifs is 1. The van der Waals surface area contributed by atoms with Crippen molar-refractivity contribution in [1.29, 1.82) is 0 Å². The molecule has 0 aromatic heterocycles. The Bertz CT molecular complexity index is 573. The van der Waals surface area contributed by atoms with Gasteiger partial charge >= 0.3 is 0 Å². The molecular formula is C19H28N2O4. The lowest BCUT2D eigenvalue weighted by Crippen LogP contribution is -2.47. The van der Waals surface area contributed by atoms with Gasteiger partial charge in [-0.25, -0.2) is 0 Å². The van der Waals surface area contributed by atoms with Gasteiger partial charge in [-0.05, 0) is 24.1 Å². The summed E-state index contributed by atoms with van der Waals surface area (Å²) in [5, 5.41) is 3.16. The van der Waals surface area contributed by atoms with Gasteiger partial charge in [0.05, 0.1) is 32.8 Å². The van der Waals surface area contributed by atoms with Crippen LogP contribution in [0.15, 0.2) is 18.2 Å². The Labute approximate surface area is 149 Å². The summed E-state index contributed by atoms with van der Waals surface area (Å²) < 4.78 is 16.7. The van der Waals surface area contributed by atoms with Crippen molar-refractivity contribution in [2.75, 3.05) is 46.1 Å². The zero-order valence-corrected chi connectivity index (χ0v) is 15.0. The second-order valence-corrected chi connectivity index (χ2v) is 6.59. The van der Waals surface area contributed by atoms with Gasteiger partial charge in [0.1, 0.15) is 0 Å². The van der Waals surface area contributed by atoms with E-state index >= 15 is 0 Å². The van der Waals surface area contributed by atoms with E-state index in [2.05, 4.69) is 17.1 Å². The molecule has 25 heavy (non-hydrogen) atoms. The number of ether oxygens (including phenoxy) is 3. The molecule has 1 atom stereocenters. The molecule has 6 nitrogen and oxygen atoms in total. The summed E-state index contributed by atoms with van der Waals surface area (Å²) in [4.78, 5) is 14.8. The number of hydrogen-bond acceptors (Lipinski definition) is 5. The summed E-state index contributed by atoms with van der Waals surface area (Å²) in [6.07, 6.45) is 2.16. The first-order valence-corrected chi connectivity index (χ1v) is 9.22. The zero-order chi connectivity index (χ0) is 17.5. The third-order valence-corrected chi connectivity index (χ3v) is 4.62. The van der Waals surface area contributed by atoms with E-state index in [-0.39, 0.29) is 11.9 Å². The highest BCUT2D eigenvalue weighted by atomic mass is 16.5. The first-order chi connectivity index (χ1) is 12.2. The van der Waals surface area contributed by atoms with Gasteiger partial charge in [-0.3, -0.25) is 9.69 Å². The maximum absolute atomic E-state index is 12.4. The largest absolute Gasteiger partial charge is 0.490 e. The lowest BCUT2D eigenvalue weighted by Gasteiger charge is -2.30. The van der Waals surface area contributed by atoms with Gasteiger partial charge < -0.3 is 19.5 Å². The summed E-state index contributed by atoms with van der Waals surface area (Å²) in [6, 6.07) is 5.93. The zero-order valence-electron chi connectivity index (χ0n) is 15.0. The van der Waals surface area contributed by atoms with Gasteiger partial charge in [-0.1, -0.05) is 13.0 Å². The van der Waals surface area contributed by atoms with Crippen LogP contribution in [-0.4, -0.2) is 62.9 Å². The third kappa shape index (κ3) is 5.34. The van der Waals surface area contributed by atoms with E-state index in [9.17, 15) is 4.79 Å². The quantitative estimate of drug-likeness (QED) is 0.846. The van der Waals surface area contributed by atoms with Crippen LogP contribution in [0.2, 0.25) is 0 Å². The van der Waals surface area contributed by atoms with Crippen molar-refractivity contribution >= 4 is 5.91 Å². The van der Waals surface area contributed by atoms with E-state index in [1.54, 1.807) is 0 Å². The van der Waals surface area contributed by atoms with Crippen molar-refractivity contribution in [3.8, 4) is 11.5 Å². The molecule has 0 aliphatic carbocycles. The molecule has 1 aromatic rings. The first-order valence-electron chi connectivity index (χ1n) is 9.22. The van der Waals surface area contributed by atoms with Crippen LogP contribution in [0.3, 0.4) is 0 Å². The van der Waals surface area contributed by atoms with Crippen molar-refractivity contribution in [3.05, 3.63) is 23.8 Å². The average molecular weight is 348 g/mol. The standard InChI is InChI=1S/C19H28N2O4/c1-2-16(14-21-6-10-23-11-7-21)20-19(22)13-15-4-5-17-18(12-15)25-9-3-8-24-17/h4-5,12,16H,2-3,6-11,13-14H2,1H3,(H,20,22)/t16-/m1/s1. The molecule has 0 bridgehead atoms. The topological polar surface area (TPSA) is 60.0 Å². The molecule has 1 saturated heterocycles. The molecular weight excluding hydrogens is 320 g/mol. The number of morpholine rings is 1. The number of rotatable bonds is 6. The number of hydrogen-bond donors (Lipinski definition) is 1. The van der Waals surface area contributed by atoms with Crippen LogP contribution >= 0.6 is 0 Å². The molecule has 0 saturated carbocycles. The molecule has 1 fully saturated rings. The van der Waals surface area contributed by atoms with E-state index in [1.807, 2.05) is 18.2 Å². The Morgan fingerprint density at radius 2 is 1.92 bits per heavy atom. The maximum atomic E-state index is 12.4. The van der Waals surface area contributed by atoms with Gasteiger partial charge in [-0.2, -0.15) is 0 Å². The summed E-state index contributed by atoms with van der Waals surface area (Å²) in [5.41, 5.74) is 0.947. The highest BCUT2D eigenvalue weighted by Gasteiger charge is 2.18. The van der Waals surface area contributed by atoms with Crippen molar-refractivity contribution < 1.29 is 19.0 Å². The van der Waals surface area contributed by atoms with Gasteiger partial charge in [0.15, 0.2) is 11.5 Å². The Balaban J connectivity index is 1.53. The lowest BCUT2D eigenvalue weighted by atomic mass is 10.1. The predicted octanol–water partition coefficient (Wildman–Crippen LogP) is 1.62. The van der Waals surface area contributed by atoms with Crippen LogP contribution in [-0.2, 0) is 16.0 Å². The smallest absolute Gasteiger partial charge is 0.224 e. The van der Waals surface area contributed by atoms with Gasteiger partial charge in [0.25, 0.3) is 0 Å². The Hall–Kier alpha value is -1.79. The molecule has 2 heterocycles. The molecule has 2 aliphatic rings. The number of nitrogens with zero attached hydrogens (tertiary/aromatic N) is 1. The molecule has 1 amide bonds. The second kappa shape index (κ2) is 9.06. The number of nitrogens with one attached hydrogen (secondary N) is 1. The predicted molar refractivity (Wildman–Crippen MR) is 95.2 cm³/mol. The van der Waals surface area contributed by atoms with Crippen molar-refractivity contribution in [2.45, 2.75) is 32.2 Å². The molecule has 1 N–H and O–H groups in total. The van der Waals surface area contributed by atoms with Gasteiger partial charge in [0.2, 0.25) is 5.91 Å². The van der Waals surface area contributed by atoms with E-state index in [4.69, 9.17) is 14.2 Å². The molecule has 0 radical (unpaired) electrons.